The fourth-order valence-corrected chi connectivity index (χ4v) is 3.55. The van der Waals surface area contributed by atoms with Crippen LogP contribution in [0.2, 0.25) is 0 Å². The molecule has 0 saturated carbocycles. The summed E-state index contributed by atoms with van der Waals surface area (Å²) in [5, 5.41) is 0. The fourth-order valence-electron chi connectivity index (χ4n) is 3.55. The molecule has 3 aromatic rings. The number of Topliss-reactive ketones (excluding diaryl/α,β-unsaturated/α-hetero) is 2. The number of ketones is 2. The predicted molar refractivity (Wildman–Crippen MR) is 113 cm³/mol. The van der Waals surface area contributed by atoms with E-state index in [2.05, 4.69) is 0 Å². The van der Waals surface area contributed by atoms with E-state index in [1.54, 1.807) is 38.5 Å². The molecule has 0 aliphatic rings. The monoisotopic (exact) mass is 388 g/mol. The van der Waals surface area contributed by atoms with Crippen molar-refractivity contribution in [3.05, 3.63) is 95.6 Å². The highest BCUT2D eigenvalue weighted by atomic mass is 16.5. The summed E-state index contributed by atoms with van der Waals surface area (Å²) in [6.07, 6.45) is 0. The summed E-state index contributed by atoms with van der Waals surface area (Å²) >= 11 is 0. The second kappa shape index (κ2) is 9.20. The molecule has 4 heteroatoms. The van der Waals surface area contributed by atoms with Gasteiger partial charge < -0.3 is 9.47 Å². The van der Waals surface area contributed by atoms with E-state index in [9.17, 15) is 9.59 Å². The molecule has 4 nitrogen and oxygen atoms in total. The number of methoxy groups -OCH3 is 2. The van der Waals surface area contributed by atoms with Gasteiger partial charge in [0.1, 0.15) is 17.3 Å². The Kier molecular flexibility index (Phi) is 6.45. The maximum Gasteiger partial charge on any atom is 0.174 e. The van der Waals surface area contributed by atoms with Crippen molar-refractivity contribution in [2.24, 2.45) is 5.92 Å². The Labute approximate surface area is 171 Å². The predicted octanol–water partition coefficient (Wildman–Crippen LogP) is 4.92. The van der Waals surface area contributed by atoms with Crippen LogP contribution in [0.1, 0.15) is 34.3 Å². The van der Waals surface area contributed by atoms with Crippen LogP contribution in [-0.2, 0) is 4.79 Å². The number of carbonyl (C=O) groups is 2. The lowest BCUT2D eigenvalue weighted by molar-refractivity contribution is -0.119. The molecule has 0 N–H and O–H groups in total. The minimum absolute atomic E-state index is 0.171. The van der Waals surface area contributed by atoms with Gasteiger partial charge >= 0.3 is 0 Å². The van der Waals surface area contributed by atoms with Crippen LogP contribution in [-0.4, -0.2) is 25.8 Å². The van der Waals surface area contributed by atoms with E-state index < -0.39 is 11.8 Å². The lowest BCUT2D eigenvalue weighted by atomic mass is 9.75. The molecule has 29 heavy (non-hydrogen) atoms. The van der Waals surface area contributed by atoms with Crippen LogP contribution < -0.4 is 9.47 Å². The molecule has 0 bridgehead atoms. The third kappa shape index (κ3) is 4.54. The van der Waals surface area contributed by atoms with Gasteiger partial charge in [-0.15, -0.1) is 0 Å². The molecular weight excluding hydrogens is 364 g/mol. The fraction of sp³-hybridized carbons (Fsp3) is 0.200. The number of hydrogen-bond donors (Lipinski definition) is 0. The minimum atomic E-state index is -0.834. The number of hydrogen-bond acceptors (Lipinski definition) is 4. The lowest BCUT2D eigenvalue weighted by Gasteiger charge is -2.26. The molecule has 0 aliphatic carbocycles. The first-order valence-electron chi connectivity index (χ1n) is 9.42. The SMILES string of the molecule is COc1ccc(C(c2ccc(OC)cc2)C(C(C)=O)C(=O)c2ccccc2)cc1. The van der Waals surface area contributed by atoms with Crippen molar-refractivity contribution in [3.8, 4) is 11.5 Å². The normalized spacial score (nSPS) is 11.7. The maximum absolute atomic E-state index is 13.4. The first-order chi connectivity index (χ1) is 14.0. The van der Waals surface area contributed by atoms with Crippen molar-refractivity contribution >= 4 is 11.6 Å². The third-order valence-corrected chi connectivity index (χ3v) is 5.06. The highest BCUT2D eigenvalue weighted by Crippen LogP contribution is 2.36. The van der Waals surface area contributed by atoms with Gasteiger partial charge in [-0.3, -0.25) is 9.59 Å². The van der Waals surface area contributed by atoms with Crippen molar-refractivity contribution in [2.45, 2.75) is 12.8 Å². The molecule has 0 fully saturated rings. The second-order valence-electron chi connectivity index (χ2n) is 6.84. The van der Waals surface area contributed by atoms with Crippen LogP contribution in [0.25, 0.3) is 0 Å². The number of carbonyl (C=O) groups excluding carboxylic acids is 2. The Morgan fingerprint density at radius 2 is 1.14 bits per heavy atom. The summed E-state index contributed by atoms with van der Waals surface area (Å²) < 4.78 is 10.5. The minimum Gasteiger partial charge on any atom is -0.497 e. The summed E-state index contributed by atoms with van der Waals surface area (Å²) in [6, 6.07) is 23.9. The van der Waals surface area contributed by atoms with Gasteiger partial charge in [-0.05, 0) is 42.3 Å². The number of benzene rings is 3. The van der Waals surface area contributed by atoms with E-state index in [1.807, 2.05) is 54.6 Å². The zero-order valence-corrected chi connectivity index (χ0v) is 16.8. The van der Waals surface area contributed by atoms with Crippen molar-refractivity contribution in [3.63, 3.8) is 0 Å². The standard InChI is InChI=1S/C25H24O4/c1-17(26)23(25(27)20-7-5-4-6-8-20)24(18-9-13-21(28-2)14-10-18)19-11-15-22(29-3)16-12-19/h4-16,23-24H,1-3H3. The summed E-state index contributed by atoms with van der Waals surface area (Å²) in [5.74, 6) is -0.173. The first-order valence-corrected chi connectivity index (χ1v) is 9.42. The molecule has 148 valence electrons. The Hall–Kier alpha value is -3.40. The molecule has 0 spiro atoms. The molecule has 1 unspecified atom stereocenters. The molecule has 0 aromatic heterocycles. The van der Waals surface area contributed by atoms with E-state index in [4.69, 9.17) is 9.47 Å². The first kappa shape index (κ1) is 20.3. The van der Waals surface area contributed by atoms with E-state index in [0.29, 0.717) is 5.56 Å². The van der Waals surface area contributed by atoms with Crippen LogP contribution in [0.3, 0.4) is 0 Å². The van der Waals surface area contributed by atoms with Gasteiger partial charge in [0.15, 0.2) is 5.78 Å². The summed E-state index contributed by atoms with van der Waals surface area (Å²) in [7, 11) is 3.21. The number of ether oxygens (including phenoxy) is 2. The van der Waals surface area contributed by atoms with Crippen molar-refractivity contribution < 1.29 is 19.1 Å². The Balaban J connectivity index is 2.12. The quantitative estimate of drug-likeness (QED) is 0.406. The summed E-state index contributed by atoms with van der Waals surface area (Å²) in [4.78, 5) is 26.1. The lowest BCUT2D eigenvalue weighted by Crippen LogP contribution is -2.29. The van der Waals surface area contributed by atoms with Gasteiger partial charge in [-0.25, -0.2) is 0 Å². The van der Waals surface area contributed by atoms with Gasteiger partial charge in [-0.2, -0.15) is 0 Å². The van der Waals surface area contributed by atoms with Gasteiger partial charge in [0.05, 0.1) is 20.1 Å². The molecular formula is C25H24O4. The molecule has 0 saturated heterocycles. The molecule has 0 aliphatic heterocycles. The van der Waals surface area contributed by atoms with Crippen LogP contribution in [0.4, 0.5) is 0 Å². The van der Waals surface area contributed by atoms with Crippen LogP contribution in [0.15, 0.2) is 78.9 Å². The molecule has 3 rings (SSSR count). The average Bonchev–Trinajstić information content (AvgIpc) is 2.77. The van der Waals surface area contributed by atoms with Crippen molar-refractivity contribution in [1.82, 2.24) is 0 Å². The van der Waals surface area contributed by atoms with E-state index >= 15 is 0 Å². The van der Waals surface area contributed by atoms with Crippen LogP contribution >= 0.6 is 0 Å². The molecule has 3 aromatic carbocycles. The van der Waals surface area contributed by atoms with Crippen molar-refractivity contribution in [1.29, 1.82) is 0 Å². The van der Waals surface area contributed by atoms with Gasteiger partial charge in [0, 0.05) is 11.5 Å². The Morgan fingerprint density at radius 1 is 0.690 bits per heavy atom. The zero-order valence-electron chi connectivity index (χ0n) is 16.8. The van der Waals surface area contributed by atoms with Crippen LogP contribution in [0, 0.1) is 5.92 Å². The largest absolute Gasteiger partial charge is 0.497 e. The average molecular weight is 388 g/mol. The molecule has 0 radical (unpaired) electrons. The van der Waals surface area contributed by atoms with E-state index in [-0.39, 0.29) is 11.6 Å². The molecule has 1 atom stereocenters. The highest BCUT2D eigenvalue weighted by molar-refractivity contribution is 6.11. The third-order valence-electron chi connectivity index (χ3n) is 5.06. The van der Waals surface area contributed by atoms with Gasteiger partial charge in [-0.1, -0.05) is 54.6 Å². The topological polar surface area (TPSA) is 52.6 Å². The number of rotatable bonds is 8. The molecule has 0 heterocycles. The van der Waals surface area contributed by atoms with Crippen molar-refractivity contribution in [2.75, 3.05) is 14.2 Å². The Morgan fingerprint density at radius 3 is 1.52 bits per heavy atom. The van der Waals surface area contributed by atoms with Gasteiger partial charge in [0.2, 0.25) is 0 Å². The van der Waals surface area contributed by atoms with E-state index in [1.165, 1.54) is 6.92 Å². The highest BCUT2D eigenvalue weighted by Gasteiger charge is 2.35. The van der Waals surface area contributed by atoms with E-state index in [0.717, 1.165) is 22.6 Å². The maximum atomic E-state index is 13.4. The smallest absolute Gasteiger partial charge is 0.174 e. The second-order valence-corrected chi connectivity index (χ2v) is 6.84. The molecule has 0 amide bonds. The van der Waals surface area contributed by atoms with Crippen LogP contribution in [0.5, 0.6) is 11.5 Å². The summed E-state index contributed by atoms with van der Waals surface area (Å²) in [6.45, 7) is 1.48. The summed E-state index contributed by atoms with van der Waals surface area (Å²) in [5.41, 5.74) is 2.28. The van der Waals surface area contributed by atoms with Gasteiger partial charge in [0.25, 0.3) is 0 Å². The Bertz CT molecular complexity index is 912. The zero-order chi connectivity index (χ0) is 20.8.